The molecule has 0 saturated heterocycles. The summed E-state index contributed by atoms with van der Waals surface area (Å²) >= 11 is 0. The Bertz CT molecular complexity index is 1210. The lowest BCUT2D eigenvalue weighted by molar-refractivity contribution is -0.111. The van der Waals surface area contributed by atoms with Gasteiger partial charge in [0, 0.05) is 23.5 Å². The van der Waals surface area contributed by atoms with Gasteiger partial charge in [-0.25, -0.2) is 17.2 Å². The zero-order valence-corrected chi connectivity index (χ0v) is 17.1. The van der Waals surface area contributed by atoms with Gasteiger partial charge < -0.3 is 10.1 Å². The molecule has 0 fully saturated rings. The van der Waals surface area contributed by atoms with Gasteiger partial charge in [-0.15, -0.1) is 0 Å². The van der Waals surface area contributed by atoms with Crippen LogP contribution in [0.5, 0.6) is 5.75 Å². The fourth-order valence-electron chi connectivity index (χ4n) is 2.56. The van der Waals surface area contributed by atoms with Crippen LogP contribution in [-0.2, 0) is 14.8 Å². The van der Waals surface area contributed by atoms with E-state index in [1.54, 1.807) is 24.3 Å². The summed E-state index contributed by atoms with van der Waals surface area (Å²) in [4.78, 5) is 12.0. The van der Waals surface area contributed by atoms with E-state index in [2.05, 4.69) is 10.0 Å². The molecule has 0 spiro atoms. The first kappa shape index (κ1) is 22.0. The average molecular weight is 444 g/mol. The van der Waals surface area contributed by atoms with E-state index < -0.39 is 27.6 Å². The topological polar surface area (TPSA) is 84.5 Å². The van der Waals surface area contributed by atoms with E-state index in [4.69, 9.17) is 4.74 Å². The number of benzene rings is 3. The number of nitrogens with one attached hydrogen (secondary N) is 2. The van der Waals surface area contributed by atoms with E-state index in [-0.39, 0.29) is 10.6 Å². The Labute approximate surface area is 178 Å². The fraction of sp³-hybridized carbons (Fsp3) is 0.0455. The van der Waals surface area contributed by atoms with Gasteiger partial charge in [0.05, 0.1) is 12.0 Å². The molecular formula is C22H18F2N2O4S. The van der Waals surface area contributed by atoms with Crippen molar-refractivity contribution in [3.05, 3.63) is 90.0 Å². The second kappa shape index (κ2) is 9.40. The van der Waals surface area contributed by atoms with Crippen LogP contribution in [0, 0.1) is 11.6 Å². The Kier molecular flexibility index (Phi) is 6.66. The van der Waals surface area contributed by atoms with Gasteiger partial charge in [0.15, 0.2) is 11.6 Å². The molecule has 0 saturated carbocycles. The molecule has 2 N–H and O–H groups in total. The predicted molar refractivity (Wildman–Crippen MR) is 114 cm³/mol. The number of amides is 1. The number of sulfonamides is 1. The van der Waals surface area contributed by atoms with Gasteiger partial charge in [-0.2, -0.15) is 0 Å². The Morgan fingerprint density at radius 2 is 1.55 bits per heavy atom. The molecule has 0 radical (unpaired) electrons. The monoisotopic (exact) mass is 444 g/mol. The number of rotatable bonds is 7. The lowest BCUT2D eigenvalue weighted by atomic mass is 10.2. The van der Waals surface area contributed by atoms with Gasteiger partial charge in [-0.05, 0) is 60.2 Å². The van der Waals surface area contributed by atoms with E-state index in [1.807, 2.05) is 0 Å². The summed E-state index contributed by atoms with van der Waals surface area (Å²) in [5.74, 6) is -2.02. The first-order valence-corrected chi connectivity index (χ1v) is 10.5. The van der Waals surface area contributed by atoms with E-state index >= 15 is 0 Å². The smallest absolute Gasteiger partial charge is 0.261 e. The molecule has 0 bridgehead atoms. The molecule has 9 heteroatoms. The third kappa shape index (κ3) is 5.89. The van der Waals surface area contributed by atoms with E-state index in [0.29, 0.717) is 17.0 Å². The molecular weight excluding hydrogens is 426 g/mol. The van der Waals surface area contributed by atoms with Crippen molar-refractivity contribution >= 4 is 33.4 Å². The Morgan fingerprint density at radius 1 is 0.903 bits per heavy atom. The third-order valence-corrected chi connectivity index (χ3v) is 5.54. The highest BCUT2D eigenvalue weighted by Crippen LogP contribution is 2.20. The van der Waals surface area contributed by atoms with Gasteiger partial charge in [0.25, 0.3) is 10.0 Å². The molecule has 160 valence electrons. The maximum Gasteiger partial charge on any atom is 0.261 e. The number of hydrogen-bond acceptors (Lipinski definition) is 4. The summed E-state index contributed by atoms with van der Waals surface area (Å²) in [6.07, 6.45) is 2.66. The van der Waals surface area contributed by atoms with Gasteiger partial charge in [-0.1, -0.05) is 12.1 Å². The summed E-state index contributed by atoms with van der Waals surface area (Å²) < 4.78 is 58.6. The van der Waals surface area contributed by atoms with Crippen molar-refractivity contribution in [3.8, 4) is 5.75 Å². The number of halogens is 2. The SMILES string of the molecule is COc1ccc(NS(=O)(=O)c2ccc(/C=C/C(=O)Nc3ccc(F)c(F)c3)cc2)cc1. The van der Waals surface area contributed by atoms with Gasteiger partial charge in [0.1, 0.15) is 5.75 Å². The number of hydrogen-bond donors (Lipinski definition) is 2. The average Bonchev–Trinajstić information content (AvgIpc) is 2.75. The predicted octanol–water partition coefficient (Wildman–Crippen LogP) is 4.43. The maximum atomic E-state index is 13.2. The molecule has 6 nitrogen and oxygen atoms in total. The molecule has 0 atom stereocenters. The molecule has 0 heterocycles. The second-order valence-corrected chi connectivity index (χ2v) is 8.04. The van der Waals surface area contributed by atoms with Crippen molar-refractivity contribution in [2.75, 3.05) is 17.1 Å². The molecule has 1 amide bonds. The van der Waals surface area contributed by atoms with Crippen molar-refractivity contribution in [2.45, 2.75) is 4.90 Å². The standard InChI is InChI=1S/C22H18F2N2O4S/c1-30-18-8-5-16(6-9-18)26-31(28,29)19-10-2-15(3-11-19)4-13-22(27)25-17-7-12-20(23)21(24)14-17/h2-14,26H,1H3,(H,25,27)/b13-4+. The van der Waals surface area contributed by atoms with E-state index in [0.717, 1.165) is 12.1 Å². The first-order valence-electron chi connectivity index (χ1n) is 8.98. The summed E-state index contributed by atoms with van der Waals surface area (Å²) in [5, 5.41) is 2.40. The lowest BCUT2D eigenvalue weighted by Crippen LogP contribution is -2.12. The lowest BCUT2D eigenvalue weighted by Gasteiger charge is -2.09. The second-order valence-electron chi connectivity index (χ2n) is 6.35. The quantitative estimate of drug-likeness (QED) is 0.528. The van der Waals surface area contributed by atoms with Crippen LogP contribution in [0.2, 0.25) is 0 Å². The summed E-state index contributed by atoms with van der Waals surface area (Å²) in [7, 11) is -2.27. The Hall–Kier alpha value is -3.72. The largest absolute Gasteiger partial charge is 0.497 e. The van der Waals surface area contributed by atoms with Crippen molar-refractivity contribution in [2.24, 2.45) is 0 Å². The Balaban J connectivity index is 1.64. The maximum absolute atomic E-state index is 13.2. The van der Waals surface area contributed by atoms with Crippen molar-refractivity contribution in [1.82, 2.24) is 0 Å². The minimum atomic E-state index is -3.79. The van der Waals surface area contributed by atoms with Gasteiger partial charge >= 0.3 is 0 Å². The molecule has 3 rings (SSSR count). The van der Waals surface area contributed by atoms with Crippen LogP contribution < -0.4 is 14.8 Å². The summed E-state index contributed by atoms with van der Waals surface area (Å²) in [6, 6.07) is 15.3. The molecule has 0 aliphatic rings. The number of anilines is 2. The van der Waals surface area contributed by atoms with Crippen molar-refractivity contribution < 1.29 is 26.7 Å². The van der Waals surface area contributed by atoms with Gasteiger partial charge in [0.2, 0.25) is 5.91 Å². The Morgan fingerprint density at radius 3 is 2.16 bits per heavy atom. The molecule has 0 aromatic heterocycles. The fourth-order valence-corrected chi connectivity index (χ4v) is 3.62. The zero-order valence-electron chi connectivity index (χ0n) is 16.3. The van der Waals surface area contributed by atoms with Crippen LogP contribution in [0.15, 0.2) is 77.7 Å². The molecule has 31 heavy (non-hydrogen) atoms. The molecule has 3 aromatic carbocycles. The van der Waals surface area contributed by atoms with Crippen LogP contribution >= 0.6 is 0 Å². The van der Waals surface area contributed by atoms with Crippen LogP contribution in [0.25, 0.3) is 6.08 Å². The van der Waals surface area contributed by atoms with Gasteiger partial charge in [-0.3, -0.25) is 9.52 Å². The number of ether oxygens (including phenoxy) is 1. The highest BCUT2D eigenvalue weighted by Gasteiger charge is 2.14. The molecule has 3 aromatic rings. The number of carbonyl (C=O) groups excluding carboxylic acids is 1. The van der Waals surface area contributed by atoms with Crippen LogP contribution in [0.1, 0.15) is 5.56 Å². The van der Waals surface area contributed by atoms with Crippen LogP contribution in [-0.4, -0.2) is 21.4 Å². The molecule has 0 aliphatic carbocycles. The minimum Gasteiger partial charge on any atom is -0.497 e. The number of carbonyl (C=O) groups is 1. The van der Waals surface area contributed by atoms with Crippen LogP contribution in [0.4, 0.5) is 20.2 Å². The van der Waals surface area contributed by atoms with Crippen molar-refractivity contribution in [3.63, 3.8) is 0 Å². The zero-order chi connectivity index (χ0) is 22.4. The molecule has 0 aliphatic heterocycles. The highest BCUT2D eigenvalue weighted by molar-refractivity contribution is 7.92. The normalized spacial score (nSPS) is 11.3. The summed E-state index contributed by atoms with van der Waals surface area (Å²) in [5.41, 5.74) is 1.07. The van der Waals surface area contributed by atoms with Crippen LogP contribution in [0.3, 0.4) is 0 Å². The van der Waals surface area contributed by atoms with E-state index in [1.165, 1.54) is 49.6 Å². The highest BCUT2D eigenvalue weighted by atomic mass is 32.2. The number of methoxy groups -OCH3 is 1. The minimum absolute atomic E-state index is 0.0479. The van der Waals surface area contributed by atoms with E-state index in [9.17, 15) is 22.0 Å². The first-order chi connectivity index (χ1) is 14.8. The van der Waals surface area contributed by atoms with Crippen molar-refractivity contribution in [1.29, 1.82) is 0 Å². The summed E-state index contributed by atoms with van der Waals surface area (Å²) in [6.45, 7) is 0. The molecule has 0 unspecified atom stereocenters. The third-order valence-electron chi connectivity index (χ3n) is 4.15.